The summed E-state index contributed by atoms with van der Waals surface area (Å²) in [7, 11) is 3.60. The van der Waals surface area contributed by atoms with Crippen molar-refractivity contribution in [3.63, 3.8) is 0 Å². The first-order valence-electron chi connectivity index (χ1n) is 2.06. The molecule has 1 aromatic heterocycles. The first kappa shape index (κ1) is 17.0. The molecule has 0 saturated carbocycles. The van der Waals surface area contributed by atoms with Crippen LogP contribution in [0.2, 0.25) is 0 Å². The molecule has 0 amide bonds. The number of hydrogen-bond acceptors (Lipinski definition) is 1. The van der Waals surface area contributed by atoms with Crippen LogP contribution in [-0.4, -0.2) is 4.57 Å². The van der Waals surface area contributed by atoms with E-state index in [1.54, 1.807) is 4.57 Å². The predicted octanol–water partition coefficient (Wildman–Crippen LogP) is -1.66. The molecule has 4 heteroatoms. The number of hydrogen-bond donors (Lipinski definition) is 0. The van der Waals surface area contributed by atoms with Gasteiger partial charge >= 0.3 is 68.5 Å². The Balaban J connectivity index is -0.0000000459. The molecule has 1 heterocycles. The van der Waals surface area contributed by atoms with Crippen LogP contribution < -0.4 is 51.4 Å². The van der Waals surface area contributed by atoms with Crippen LogP contribution in [0.1, 0.15) is 1.43 Å². The Morgan fingerprint density at radius 1 is 1.30 bits per heavy atom. The van der Waals surface area contributed by atoms with Gasteiger partial charge in [-0.1, -0.05) is 0 Å². The van der Waals surface area contributed by atoms with Crippen molar-refractivity contribution >= 4 is 0 Å². The minimum atomic E-state index is 0. The third-order valence-corrected chi connectivity index (χ3v) is 0.666. The zero-order valence-corrected chi connectivity index (χ0v) is 9.99. The molecule has 0 aliphatic heterocycles. The summed E-state index contributed by atoms with van der Waals surface area (Å²) in [6.45, 7) is 4.75. The van der Waals surface area contributed by atoms with Crippen LogP contribution in [0, 0.1) is 18.9 Å². The van der Waals surface area contributed by atoms with Gasteiger partial charge in [0, 0.05) is 0 Å². The van der Waals surface area contributed by atoms with Crippen molar-refractivity contribution in [3.05, 3.63) is 38.1 Å². The van der Waals surface area contributed by atoms with Crippen molar-refractivity contribution in [3.8, 4) is 0 Å². The predicted molar refractivity (Wildman–Crippen MR) is 31.3 cm³/mol. The van der Waals surface area contributed by atoms with Crippen LogP contribution in [0.3, 0.4) is 0 Å². The third kappa shape index (κ3) is 8.80. The van der Waals surface area contributed by atoms with Gasteiger partial charge in [-0.2, -0.15) is 0 Å². The first-order valence-corrected chi connectivity index (χ1v) is 2.06. The fourth-order valence-corrected chi connectivity index (χ4v) is 0.370. The molecule has 0 saturated heterocycles. The number of rotatable bonds is 0. The molecule has 0 aliphatic carbocycles. The van der Waals surface area contributed by atoms with Gasteiger partial charge in [0.1, 0.15) is 0 Å². The normalized spacial score (nSPS) is 5.40. The van der Waals surface area contributed by atoms with Crippen molar-refractivity contribution in [2.45, 2.75) is 0 Å². The molecule has 0 spiro atoms. The van der Waals surface area contributed by atoms with E-state index < -0.39 is 0 Å². The van der Waals surface area contributed by atoms with Crippen molar-refractivity contribution in [1.82, 2.24) is 4.57 Å². The van der Waals surface area contributed by atoms with E-state index in [4.69, 9.17) is 11.8 Å². The van der Waals surface area contributed by atoms with Crippen LogP contribution in [0.25, 0.3) is 0 Å². The zero-order chi connectivity index (χ0) is 6.41. The third-order valence-electron chi connectivity index (χ3n) is 0.666. The number of aromatic nitrogens is 1. The van der Waals surface area contributed by atoms with Crippen LogP contribution in [-0.2, 0) is 17.1 Å². The fraction of sp³-hybridized carbons (Fsp3) is 0. The Kier molecular flexibility index (Phi) is 21.3. The summed E-state index contributed by atoms with van der Waals surface area (Å²) in [4.78, 5) is 0. The zero-order valence-electron chi connectivity index (χ0n) is 6.76. The minimum Gasteiger partial charge on any atom is -1.00 e. The maximum Gasteiger partial charge on any atom is 2.00 e. The second-order valence-electron chi connectivity index (χ2n) is 1.20. The molecular formula is C6H7FeKN2. The summed E-state index contributed by atoms with van der Waals surface area (Å²) < 4.78 is 1.75. The largest absolute Gasteiger partial charge is 2.00 e. The molecule has 0 atom stereocenters. The Hall–Kier alpha value is 0.796. The molecule has 0 aromatic carbocycles. The molecule has 1 rings (SSSR count). The van der Waals surface area contributed by atoms with Gasteiger partial charge in [-0.05, 0) is 0 Å². The molecule has 1 aromatic rings. The Morgan fingerprint density at radius 2 is 1.60 bits per heavy atom. The topological polar surface area (TPSA) is 28.7 Å². The number of nitrogens with zero attached hydrogens (tertiary/aromatic N) is 2. The SMILES string of the molecule is [C-]#N.[CH2-]n1cccc1.[Fe+2].[H-].[K+]. The van der Waals surface area contributed by atoms with Crippen molar-refractivity contribution in [2.24, 2.45) is 0 Å². The van der Waals surface area contributed by atoms with E-state index in [1.165, 1.54) is 0 Å². The average molecular weight is 202 g/mol. The van der Waals surface area contributed by atoms with E-state index in [-0.39, 0.29) is 69.9 Å². The Morgan fingerprint density at radius 3 is 1.70 bits per heavy atom. The molecule has 0 aliphatic rings. The van der Waals surface area contributed by atoms with Gasteiger partial charge in [0.25, 0.3) is 0 Å². The molecule has 0 radical (unpaired) electrons. The second-order valence-corrected chi connectivity index (χ2v) is 1.20. The molecule has 10 heavy (non-hydrogen) atoms. The molecule has 50 valence electrons. The van der Waals surface area contributed by atoms with E-state index in [0.717, 1.165) is 0 Å². The average Bonchev–Trinajstić information content (AvgIpc) is 2.24. The van der Waals surface area contributed by atoms with Gasteiger partial charge < -0.3 is 17.8 Å². The van der Waals surface area contributed by atoms with E-state index in [0.29, 0.717) is 0 Å². The van der Waals surface area contributed by atoms with E-state index >= 15 is 0 Å². The Bertz CT molecular complexity index is 153. The Labute approximate surface area is 116 Å². The summed E-state index contributed by atoms with van der Waals surface area (Å²) in [5, 5.41) is 6.25. The summed E-state index contributed by atoms with van der Waals surface area (Å²) in [6, 6.07) is 3.88. The van der Waals surface area contributed by atoms with E-state index in [9.17, 15) is 0 Å². The van der Waals surface area contributed by atoms with Gasteiger partial charge in [0.05, 0.1) is 0 Å². The molecule has 0 N–H and O–H groups in total. The summed E-state index contributed by atoms with van der Waals surface area (Å²) in [6.07, 6.45) is 3.78. The van der Waals surface area contributed by atoms with E-state index in [1.807, 2.05) is 24.5 Å². The minimum absolute atomic E-state index is 0. The van der Waals surface area contributed by atoms with Gasteiger partial charge in [0.15, 0.2) is 0 Å². The molecule has 0 unspecified atom stereocenters. The molecule has 2 nitrogen and oxygen atoms in total. The summed E-state index contributed by atoms with van der Waals surface area (Å²) in [5.74, 6) is 0. The van der Waals surface area contributed by atoms with Crippen LogP contribution in [0.5, 0.6) is 0 Å². The van der Waals surface area contributed by atoms with Crippen molar-refractivity contribution in [2.75, 3.05) is 0 Å². The smallest absolute Gasteiger partial charge is 1.00 e. The maximum absolute atomic E-state index is 6.25. The van der Waals surface area contributed by atoms with Crippen LogP contribution in [0.4, 0.5) is 0 Å². The van der Waals surface area contributed by atoms with Gasteiger partial charge in [-0.3, -0.25) is 0 Å². The van der Waals surface area contributed by atoms with Crippen LogP contribution >= 0.6 is 0 Å². The monoisotopic (exact) mass is 202 g/mol. The van der Waals surface area contributed by atoms with Gasteiger partial charge in [-0.15, -0.1) is 31.6 Å². The molecular weight excluding hydrogens is 195 g/mol. The quantitative estimate of drug-likeness (QED) is 0.365. The van der Waals surface area contributed by atoms with Gasteiger partial charge in [-0.25, -0.2) is 0 Å². The van der Waals surface area contributed by atoms with Crippen molar-refractivity contribution < 1.29 is 69.9 Å². The van der Waals surface area contributed by atoms with Gasteiger partial charge in [0.2, 0.25) is 0 Å². The second kappa shape index (κ2) is 12.5. The summed E-state index contributed by atoms with van der Waals surface area (Å²) in [5.41, 5.74) is 0. The standard InChI is InChI=1S/C5H6N.CN.Fe.K.H/c1-6-4-2-3-5-6;1-2;;;/h2-5H,1H2;;;;/q2*-1;+2;+1;-1. The first-order chi connectivity index (χ1) is 3.89. The molecule has 0 fully saturated rings. The fourth-order valence-electron chi connectivity index (χ4n) is 0.370. The van der Waals surface area contributed by atoms with Crippen molar-refractivity contribution in [1.29, 1.82) is 5.26 Å². The molecule has 0 bridgehead atoms. The van der Waals surface area contributed by atoms with E-state index in [2.05, 4.69) is 7.05 Å². The van der Waals surface area contributed by atoms with Crippen LogP contribution in [0.15, 0.2) is 24.5 Å². The summed E-state index contributed by atoms with van der Waals surface area (Å²) >= 11 is 0. The maximum atomic E-state index is 6.25.